The maximum Gasteiger partial charge on any atom is 0.321 e. The molecule has 0 saturated carbocycles. The van der Waals surface area contributed by atoms with Crippen LogP contribution in [0.5, 0.6) is 0 Å². The van der Waals surface area contributed by atoms with Crippen LogP contribution in [0.25, 0.3) is 0 Å². The van der Waals surface area contributed by atoms with Gasteiger partial charge in [0.05, 0.1) is 0 Å². The van der Waals surface area contributed by atoms with E-state index >= 15 is 0 Å². The summed E-state index contributed by atoms with van der Waals surface area (Å²) >= 11 is 0. The summed E-state index contributed by atoms with van der Waals surface area (Å²) in [6.07, 6.45) is 4.89. The molecule has 1 aliphatic rings. The number of hydrogen-bond donors (Lipinski definition) is 1. The third-order valence-corrected chi connectivity index (χ3v) is 3.62. The van der Waals surface area contributed by atoms with Crippen molar-refractivity contribution in [2.45, 2.75) is 52.5 Å². The third-order valence-electron chi connectivity index (χ3n) is 3.62. The van der Waals surface area contributed by atoms with Crippen LogP contribution in [-0.4, -0.2) is 35.1 Å². The lowest BCUT2D eigenvalue weighted by Crippen LogP contribution is -2.48. The Morgan fingerprint density at radius 3 is 2.31 bits per heavy atom. The van der Waals surface area contributed by atoms with Gasteiger partial charge < -0.3 is 5.11 Å². The number of rotatable bonds is 5. The fraction of sp³-hybridized carbons (Fsp3) is 0.923. The normalized spacial score (nSPS) is 21.2. The molecule has 0 radical (unpaired) electrons. The highest BCUT2D eigenvalue weighted by Gasteiger charge is 2.31. The molecule has 1 fully saturated rings. The van der Waals surface area contributed by atoms with E-state index in [-0.39, 0.29) is 12.0 Å². The van der Waals surface area contributed by atoms with Gasteiger partial charge in [0.25, 0.3) is 0 Å². The molecule has 94 valence electrons. The van der Waals surface area contributed by atoms with E-state index in [1.165, 1.54) is 25.7 Å². The highest BCUT2D eigenvalue weighted by Crippen LogP contribution is 2.24. The van der Waals surface area contributed by atoms with E-state index in [1.54, 1.807) is 0 Å². The molecule has 1 unspecified atom stereocenters. The Bertz CT molecular complexity index is 220. The number of likely N-dealkylation sites (tertiary alicyclic amines) is 1. The minimum absolute atomic E-state index is 0.195. The largest absolute Gasteiger partial charge is 0.480 e. The van der Waals surface area contributed by atoms with E-state index in [1.807, 2.05) is 13.8 Å². The van der Waals surface area contributed by atoms with Crippen molar-refractivity contribution in [2.75, 3.05) is 13.1 Å². The molecule has 0 amide bonds. The second kappa shape index (κ2) is 6.24. The molecule has 0 bridgehead atoms. The smallest absolute Gasteiger partial charge is 0.321 e. The molecule has 0 aliphatic carbocycles. The van der Waals surface area contributed by atoms with Crippen LogP contribution in [0.1, 0.15) is 46.5 Å². The SMILES string of the molecule is CCCC1CCN(C(C(=O)O)C(C)C)CC1. The second-order valence-electron chi connectivity index (χ2n) is 5.30. The highest BCUT2D eigenvalue weighted by atomic mass is 16.4. The van der Waals surface area contributed by atoms with Gasteiger partial charge in [-0.3, -0.25) is 9.69 Å². The molecular formula is C13H25NO2. The zero-order valence-corrected chi connectivity index (χ0v) is 10.8. The van der Waals surface area contributed by atoms with Gasteiger partial charge in [0, 0.05) is 0 Å². The number of aliphatic carboxylic acids is 1. The van der Waals surface area contributed by atoms with Crippen LogP contribution in [0.15, 0.2) is 0 Å². The van der Waals surface area contributed by atoms with Crippen LogP contribution in [0.2, 0.25) is 0 Å². The Morgan fingerprint density at radius 2 is 1.94 bits per heavy atom. The zero-order chi connectivity index (χ0) is 12.1. The van der Waals surface area contributed by atoms with Gasteiger partial charge in [-0.1, -0.05) is 33.6 Å². The minimum Gasteiger partial charge on any atom is -0.480 e. The number of hydrogen-bond acceptors (Lipinski definition) is 2. The van der Waals surface area contributed by atoms with E-state index in [9.17, 15) is 9.90 Å². The van der Waals surface area contributed by atoms with Crippen LogP contribution in [0.3, 0.4) is 0 Å². The van der Waals surface area contributed by atoms with E-state index in [4.69, 9.17) is 0 Å². The van der Waals surface area contributed by atoms with Gasteiger partial charge in [-0.05, 0) is 37.8 Å². The van der Waals surface area contributed by atoms with Crippen molar-refractivity contribution in [2.24, 2.45) is 11.8 Å². The van der Waals surface area contributed by atoms with Gasteiger partial charge in [0.1, 0.15) is 6.04 Å². The molecule has 1 saturated heterocycles. The molecule has 1 N–H and O–H groups in total. The van der Waals surface area contributed by atoms with Gasteiger partial charge in [0.2, 0.25) is 0 Å². The van der Waals surface area contributed by atoms with Gasteiger partial charge in [-0.15, -0.1) is 0 Å². The summed E-state index contributed by atoms with van der Waals surface area (Å²) in [5, 5.41) is 9.22. The predicted octanol–water partition coefficient (Wildman–Crippen LogP) is 2.61. The van der Waals surface area contributed by atoms with Crippen molar-refractivity contribution < 1.29 is 9.90 Å². The molecule has 1 heterocycles. The van der Waals surface area contributed by atoms with Crippen molar-refractivity contribution in [3.8, 4) is 0 Å². The fourth-order valence-corrected chi connectivity index (χ4v) is 2.79. The Kier molecular flexibility index (Phi) is 5.26. The predicted molar refractivity (Wildman–Crippen MR) is 65.5 cm³/mol. The standard InChI is InChI=1S/C13H25NO2/c1-4-5-11-6-8-14(9-7-11)12(10(2)3)13(15)16/h10-12H,4-9H2,1-3H3,(H,15,16). The number of carboxylic acid groups (broad SMARTS) is 1. The number of piperidine rings is 1. The Balaban J connectivity index is 2.47. The molecule has 0 aromatic rings. The quantitative estimate of drug-likeness (QED) is 0.785. The van der Waals surface area contributed by atoms with E-state index in [0.717, 1.165) is 19.0 Å². The summed E-state index contributed by atoms with van der Waals surface area (Å²) < 4.78 is 0. The highest BCUT2D eigenvalue weighted by molar-refractivity contribution is 5.73. The van der Waals surface area contributed by atoms with Crippen molar-refractivity contribution in [1.82, 2.24) is 4.90 Å². The van der Waals surface area contributed by atoms with Crippen molar-refractivity contribution in [3.05, 3.63) is 0 Å². The topological polar surface area (TPSA) is 40.5 Å². The summed E-state index contributed by atoms with van der Waals surface area (Å²) in [5.41, 5.74) is 0. The van der Waals surface area contributed by atoms with Crippen molar-refractivity contribution in [3.63, 3.8) is 0 Å². The Labute approximate surface area is 98.8 Å². The lowest BCUT2D eigenvalue weighted by Gasteiger charge is -2.37. The Morgan fingerprint density at radius 1 is 1.38 bits per heavy atom. The first-order valence-corrected chi connectivity index (χ1v) is 6.53. The molecule has 16 heavy (non-hydrogen) atoms. The maximum absolute atomic E-state index is 11.2. The first kappa shape index (κ1) is 13.5. The first-order valence-electron chi connectivity index (χ1n) is 6.53. The van der Waals surface area contributed by atoms with E-state index in [0.29, 0.717) is 0 Å². The second-order valence-corrected chi connectivity index (χ2v) is 5.30. The average molecular weight is 227 g/mol. The fourth-order valence-electron chi connectivity index (χ4n) is 2.79. The minimum atomic E-state index is -0.663. The third kappa shape index (κ3) is 3.48. The molecule has 0 spiro atoms. The van der Waals surface area contributed by atoms with Gasteiger partial charge in [0.15, 0.2) is 0 Å². The molecule has 0 aromatic heterocycles. The van der Waals surface area contributed by atoms with Crippen LogP contribution in [-0.2, 0) is 4.79 Å². The Hall–Kier alpha value is -0.570. The summed E-state index contributed by atoms with van der Waals surface area (Å²) in [6.45, 7) is 8.13. The first-order chi connectivity index (χ1) is 7.56. The number of carboxylic acids is 1. The average Bonchev–Trinajstić information content (AvgIpc) is 2.20. The van der Waals surface area contributed by atoms with Gasteiger partial charge >= 0.3 is 5.97 Å². The van der Waals surface area contributed by atoms with Crippen molar-refractivity contribution in [1.29, 1.82) is 0 Å². The van der Waals surface area contributed by atoms with E-state index < -0.39 is 5.97 Å². The molecule has 3 nitrogen and oxygen atoms in total. The molecule has 1 rings (SSSR count). The summed E-state index contributed by atoms with van der Waals surface area (Å²) in [6, 6.07) is -0.289. The van der Waals surface area contributed by atoms with Crippen LogP contribution in [0, 0.1) is 11.8 Å². The maximum atomic E-state index is 11.2. The lowest BCUT2D eigenvalue weighted by molar-refractivity contribution is -0.145. The number of nitrogens with zero attached hydrogens (tertiary/aromatic N) is 1. The molecule has 1 aliphatic heterocycles. The summed E-state index contributed by atoms with van der Waals surface area (Å²) in [5.74, 6) is 0.354. The van der Waals surface area contributed by atoms with Gasteiger partial charge in [-0.2, -0.15) is 0 Å². The van der Waals surface area contributed by atoms with Crippen LogP contribution in [0.4, 0.5) is 0 Å². The lowest BCUT2D eigenvalue weighted by atomic mass is 9.90. The molecule has 1 atom stereocenters. The van der Waals surface area contributed by atoms with Gasteiger partial charge in [-0.25, -0.2) is 0 Å². The van der Waals surface area contributed by atoms with Crippen LogP contribution < -0.4 is 0 Å². The monoisotopic (exact) mass is 227 g/mol. The van der Waals surface area contributed by atoms with E-state index in [2.05, 4.69) is 11.8 Å². The molecular weight excluding hydrogens is 202 g/mol. The molecule has 0 aromatic carbocycles. The summed E-state index contributed by atoms with van der Waals surface area (Å²) in [4.78, 5) is 13.4. The van der Waals surface area contributed by atoms with Crippen LogP contribution >= 0.6 is 0 Å². The molecule has 3 heteroatoms. The number of carbonyl (C=O) groups is 1. The zero-order valence-electron chi connectivity index (χ0n) is 10.8. The van der Waals surface area contributed by atoms with Crippen molar-refractivity contribution >= 4 is 5.97 Å². The summed E-state index contributed by atoms with van der Waals surface area (Å²) in [7, 11) is 0.